The molecule has 1 fully saturated rings. The zero-order valence-corrected chi connectivity index (χ0v) is 18.9. The Morgan fingerprint density at radius 1 is 1.00 bits per heavy atom. The molecule has 1 aromatic heterocycles. The normalized spacial score (nSPS) is 14.2. The second-order valence-corrected chi connectivity index (χ2v) is 9.58. The molecule has 2 heterocycles. The summed E-state index contributed by atoms with van der Waals surface area (Å²) in [7, 11) is 0. The quantitative estimate of drug-likeness (QED) is 0.392. The topological polar surface area (TPSA) is 103 Å². The fourth-order valence-electron chi connectivity index (χ4n) is 3.38. The second-order valence-electron chi connectivity index (χ2n) is 7.33. The Morgan fingerprint density at radius 3 is 2.47 bits per heavy atom. The molecule has 32 heavy (non-hydrogen) atoms. The first-order valence-electron chi connectivity index (χ1n) is 10.3. The Balaban J connectivity index is 1.16. The predicted octanol–water partition coefficient (Wildman–Crippen LogP) is 3.48. The van der Waals surface area contributed by atoms with Crippen LogP contribution in [0.4, 0.5) is 10.5 Å². The molecule has 4 amide bonds. The number of nitrogens with zero attached hydrogens (tertiary/aromatic N) is 2. The number of carbonyl (C=O) groups is 3. The minimum atomic E-state index is -0.290. The smallest absolute Gasteiger partial charge is 0.321 e. The SMILES string of the molecule is O=C(CSc1nc2ccccc2s1)NNC(=O)C1CCN(C(=O)Nc2ccccc2)CC1. The van der Waals surface area contributed by atoms with Gasteiger partial charge in [0.1, 0.15) is 0 Å². The fraction of sp³-hybridized carbons (Fsp3) is 0.273. The van der Waals surface area contributed by atoms with Gasteiger partial charge in [0.05, 0.1) is 16.0 Å². The summed E-state index contributed by atoms with van der Waals surface area (Å²) in [5.41, 5.74) is 6.64. The van der Waals surface area contributed by atoms with Crippen molar-refractivity contribution in [1.29, 1.82) is 0 Å². The maximum atomic E-state index is 12.4. The van der Waals surface area contributed by atoms with E-state index in [9.17, 15) is 14.4 Å². The molecule has 0 aliphatic carbocycles. The second kappa shape index (κ2) is 10.5. The van der Waals surface area contributed by atoms with Gasteiger partial charge in [-0.25, -0.2) is 9.78 Å². The van der Waals surface area contributed by atoms with Crippen LogP contribution in [0.1, 0.15) is 12.8 Å². The van der Waals surface area contributed by atoms with Crippen LogP contribution < -0.4 is 16.2 Å². The Kier molecular flexibility index (Phi) is 7.23. The first-order valence-corrected chi connectivity index (χ1v) is 12.1. The van der Waals surface area contributed by atoms with Gasteiger partial charge in [-0.1, -0.05) is 42.1 Å². The summed E-state index contributed by atoms with van der Waals surface area (Å²) < 4.78 is 1.89. The Bertz CT molecular complexity index is 1060. The predicted molar refractivity (Wildman–Crippen MR) is 126 cm³/mol. The van der Waals surface area contributed by atoms with Crippen molar-refractivity contribution in [3.63, 3.8) is 0 Å². The number of thiazole rings is 1. The van der Waals surface area contributed by atoms with Gasteiger partial charge in [-0.2, -0.15) is 0 Å². The van der Waals surface area contributed by atoms with E-state index in [1.807, 2.05) is 54.6 Å². The monoisotopic (exact) mass is 469 g/mol. The van der Waals surface area contributed by atoms with Crippen molar-refractivity contribution in [1.82, 2.24) is 20.7 Å². The summed E-state index contributed by atoms with van der Waals surface area (Å²) in [4.78, 5) is 43.0. The van der Waals surface area contributed by atoms with Crippen LogP contribution in [-0.2, 0) is 9.59 Å². The van der Waals surface area contributed by atoms with Gasteiger partial charge in [-0.3, -0.25) is 20.4 Å². The van der Waals surface area contributed by atoms with Crippen LogP contribution in [-0.4, -0.2) is 46.6 Å². The van der Waals surface area contributed by atoms with E-state index in [2.05, 4.69) is 21.2 Å². The van der Waals surface area contributed by atoms with Gasteiger partial charge >= 0.3 is 6.03 Å². The first-order chi connectivity index (χ1) is 15.6. The molecule has 8 nitrogen and oxygen atoms in total. The molecule has 0 atom stereocenters. The van der Waals surface area contributed by atoms with Crippen LogP contribution in [0.2, 0.25) is 0 Å². The lowest BCUT2D eigenvalue weighted by atomic mass is 9.96. The molecule has 3 aromatic rings. The number of amides is 4. The number of fused-ring (bicyclic) bond motifs is 1. The number of carbonyl (C=O) groups excluding carboxylic acids is 3. The van der Waals surface area contributed by atoms with Crippen molar-refractivity contribution in [2.75, 3.05) is 24.2 Å². The summed E-state index contributed by atoms with van der Waals surface area (Å²) in [5.74, 6) is -0.597. The van der Waals surface area contributed by atoms with Gasteiger partial charge in [0.25, 0.3) is 0 Å². The van der Waals surface area contributed by atoms with Gasteiger partial charge in [0.2, 0.25) is 11.8 Å². The molecule has 3 N–H and O–H groups in total. The van der Waals surface area contributed by atoms with Crippen LogP contribution in [0.15, 0.2) is 58.9 Å². The number of benzene rings is 2. The summed E-state index contributed by atoms with van der Waals surface area (Å²) in [6.07, 6.45) is 1.09. The zero-order chi connectivity index (χ0) is 22.3. The highest BCUT2D eigenvalue weighted by Crippen LogP contribution is 2.29. The van der Waals surface area contributed by atoms with E-state index < -0.39 is 0 Å². The Hall–Kier alpha value is -3.11. The number of hydrogen-bond donors (Lipinski definition) is 3. The number of aromatic nitrogens is 1. The maximum absolute atomic E-state index is 12.4. The molecular weight excluding hydrogens is 446 g/mol. The van der Waals surface area contributed by atoms with E-state index in [-0.39, 0.29) is 29.5 Å². The lowest BCUT2D eigenvalue weighted by Gasteiger charge is -2.31. The number of hydrogen-bond acceptors (Lipinski definition) is 6. The van der Waals surface area contributed by atoms with Crippen LogP contribution in [0.3, 0.4) is 0 Å². The summed E-state index contributed by atoms with van der Waals surface area (Å²) >= 11 is 2.88. The van der Waals surface area contributed by atoms with E-state index in [1.54, 1.807) is 4.90 Å². The van der Waals surface area contributed by atoms with Crippen molar-refractivity contribution in [3.8, 4) is 0 Å². The third-order valence-electron chi connectivity index (χ3n) is 5.10. The number of nitrogens with one attached hydrogen (secondary N) is 3. The van der Waals surface area contributed by atoms with Gasteiger partial charge in [0.15, 0.2) is 4.34 Å². The van der Waals surface area contributed by atoms with Crippen LogP contribution in [0.25, 0.3) is 10.2 Å². The lowest BCUT2D eigenvalue weighted by molar-refractivity contribution is -0.131. The standard InChI is InChI=1S/C22H23N5O3S2/c28-19(14-31-22-24-17-8-4-5-9-18(17)32-22)25-26-20(29)15-10-12-27(13-11-15)21(30)23-16-6-2-1-3-7-16/h1-9,15H,10-14H2,(H,23,30)(H,25,28)(H,26,29). The number of piperidine rings is 1. The lowest BCUT2D eigenvalue weighted by Crippen LogP contribution is -2.49. The van der Waals surface area contributed by atoms with Crippen molar-refractivity contribution < 1.29 is 14.4 Å². The summed E-state index contributed by atoms with van der Waals surface area (Å²) in [6, 6.07) is 16.9. The van der Waals surface area contributed by atoms with Crippen molar-refractivity contribution in [2.45, 2.75) is 17.2 Å². The third-order valence-corrected chi connectivity index (χ3v) is 7.28. The average molecular weight is 470 g/mol. The Morgan fingerprint density at radius 2 is 1.72 bits per heavy atom. The summed E-state index contributed by atoms with van der Waals surface area (Å²) in [5, 5.41) is 2.85. The third kappa shape index (κ3) is 5.77. The van der Waals surface area contributed by atoms with E-state index in [1.165, 1.54) is 23.1 Å². The van der Waals surface area contributed by atoms with E-state index in [0.717, 1.165) is 20.2 Å². The molecule has 2 aromatic carbocycles. The minimum Gasteiger partial charge on any atom is -0.324 e. The highest BCUT2D eigenvalue weighted by atomic mass is 32.2. The molecule has 4 rings (SSSR count). The number of anilines is 1. The van der Waals surface area contributed by atoms with Crippen molar-refractivity contribution in [3.05, 3.63) is 54.6 Å². The molecule has 1 saturated heterocycles. The van der Waals surface area contributed by atoms with Crippen LogP contribution >= 0.6 is 23.1 Å². The largest absolute Gasteiger partial charge is 0.324 e. The van der Waals surface area contributed by atoms with Gasteiger partial charge < -0.3 is 10.2 Å². The highest BCUT2D eigenvalue weighted by Gasteiger charge is 2.27. The maximum Gasteiger partial charge on any atom is 0.321 e. The number of rotatable bonds is 5. The van der Waals surface area contributed by atoms with E-state index in [0.29, 0.717) is 25.9 Å². The number of hydrazine groups is 1. The van der Waals surface area contributed by atoms with E-state index >= 15 is 0 Å². The number of urea groups is 1. The van der Waals surface area contributed by atoms with Gasteiger partial charge in [-0.05, 0) is 37.1 Å². The van der Waals surface area contributed by atoms with Crippen LogP contribution in [0.5, 0.6) is 0 Å². The zero-order valence-electron chi connectivity index (χ0n) is 17.2. The van der Waals surface area contributed by atoms with Crippen molar-refractivity contribution in [2.24, 2.45) is 5.92 Å². The minimum absolute atomic E-state index is 0.165. The molecule has 1 aliphatic rings. The first kappa shape index (κ1) is 22.1. The highest BCUT2D eigenvalue weighted by molar-refractivity contribution is 8.01. The molecule has 0 spiro atoms. The number of thioether (sulfide) groups is 1. The molecule has 0 radical (unpaired) electrons. The molecule has 1 aliphatic heterocycles. The van der Waals surface area contributed by atoms with Gasteiger partial charge in [0, 0.05) is 24.7 Å². The molecule has 166 valence electrons. The van der Waals surface area contributed by atoms with E-state index in [4.69, 9.17) is 0 Å². The van der Waals surface area contributed by atoms with Crippen LogP contribution in [0, 0.1) is 5.92 Å². The van der Waals surface area contributed by atoms with Crippen molar-refractivity contribution >= 4 is 56.8 Å². The molecule has 0 saturated carbocycles. The molecule has 0 unspecified atom stereocenters. The Labute approximate surface area is 193 Å². The summed E-state index contributed by atoms with van der Waals surface area (Å²) in [6.45, 7) is 0.969. The number of likely N-dealkylation sites (tertiary alicyclic amines) is 1. The average Bonchev–Trinajstić information content (AvgIpc) is 3.25. The molecule has 0 bridgehead atoms. The number of para-hydroxylation sites is 2. The molecule has 10 heteroatoms. The van der Waals surface area contributed by atoms with Gasteiger partial charge in [-0.15, -0.1) is 11.3 Å². The molecular formula is C22H23N5O3S2. The fourth-order valence-corrected chi connectivity index (χ4v) is 5.25.